The molecule has 4 atom stereocenters. The number of hydrogen-bond acceptors (Lipinski definition) is 4. The Hall–Kier alpha value is -2.09. The fourth-order valence-electron chi connectivity index (χ4n) is 5.11. The molecule has 1 aliphatic heterocycles. The molecule has 1 heterocycles. The summed E-state index contributed by atoms with van der Waals surface area (Å²) >= 11 is 0. The number of amides is 1. The van der Waals surface area contributed by atoms with E-state index in [9.17, 15) is 22.8 Å². The van der Waals surface area contributed by atoms with Crippen molar-refractivity contribution in [3.05, 3.63) is 35.9 Å². The van der Waals surface area contributed by atoms with E-state index in [0.29, 0.717) is 32.5 Å². The molecule has 1 aromatic rings. The summed E-state index contributed by atoms with van der Waals surface area (Å²) in [5.74, 6) is -2.57. The fraction of sp³-hybridized carbons (Fsp3) is 0.667. The molecule has 2 fully saturated rings. The molecule has 1 aliphatic carbocycles. The Morgan fingerprint density at radius 2 is 1.91 bits per heavy atom. The Bertz CT molecular complexity index is 798. The first-order valence-electron chi connectivity index (χ1n) is 11.2. The molecule has 1 amide bonds. The first-order valence-corrected chi connectivity index (χ1v) is 11.2. The number of rotatable bonds is 6. The van der Waals surface area contributed by atoms with E-state index in [1.807, 2.05) is 44.2 Å². The van der Waals surface area contributed by atoms with Gasteiger partial charge in [-0.25, -0.2) is 0 Å². The third-order valence-corrected chi connectivity index (χ3v) is 7.07. The van der Waals surface area contributed by atoms with Crippen molar-refractivity contribution >= 4 is 11.9 Å². The first-order chi connectivity index (χ1) is 15.1. The van der Waals surface area contributed by atoms with E-state index >= 15 is 0 Å². The Morgan fingerprint density at radius 1 is 1.22 bits per heavy atom. The summed E-state index contributed by atoms with van der Waals surface area (Å²) in [4.78, 5) is 26.7. The summed E-state index contributed by atoms with van der Waals surface area (Å²) in [7, 11) is 0. The molecule has 1 saturated carbocycles. The van der Waals surface area contributed by atoms with Gasteiger partial charge in [0.15, 0.2) is 0 Å². The van der Waals surface area contributed by atoms with Gasteiger partial charge in [0.25, 0.3) is 0 Å². The second-order valence-corrected chi connectivity index (χ2v) is 9.39. The van der Waals surface area contributed by atoms with Crippen LogP contribution in [0, 0.1) is 17.3 Å². The van der Waals surface area contributed by atoms with Crippen molar-refractivity contribution < 1.29 is 32.2 Å². The van der Waals surface area contributed by atoms with Crippen LogP contribution in [0.15, 0.2) is 30.3 Å². The largest absolute Gasteiger partial charge is 0.471 e. The maximum atomic E-state index is 13.5. The number of halogens is 3. The van der Waals surface area contributed by atoms with Crippen LogP contribution in [-0.4, -0.2) is 48.3 Å². The van der Waals surface area contributed by atoms with Crippen LogP contribution >= 0.6 is 0 Å². The van der Waals surface area contributed by atoms with Crippen molar-refractivity contribution in [2.75, 3.05) is 13.2 Å². The highest BCUT2D eigenvalue weighted by Gasteiger charge is 2.55. The summed E-state index contributed by atoms with van der Waals surface area (Å²) in [6.45, 7) is 6.32. The number of nitrogens with zero attached hydrogens (tertiary/aromatic N) is 1. The zero-order valence-electron chi connectivity index (χ0n) is 18.9. The number of carbonyl (C=O) groups is 2. The van der Waals surface area contributed by atoms with E-state index in [2.05, 4.69) is 0 Å². The van der Waals surface area contributed by atoms with Gasteiger partial charge >= 0.3 is 18.1 Å². The Morgan fingerprint density at radius 3 is 2.50 bits per heavy atom. The molecule has 178 valence electrons. The average Bonchev–Trinajstić information content (AvgIpc) is 3.20. The van der Waals surface area contributed by atoms with Crippen LogP contribution in [0.3, 0.4) is 0 Å². The monoisotopic (exact) mass is 455 g/mol. The first kappa shape index (κ1) is 24.6. The molecular formula is C24H32F3NO4. The molecule has 1 saturated heterocycles. The minimum absolute atomic E-state index is 0.112. The van der Waals surface area contributed by atoms with Crippen LogP contribution in [0.25, 0.3) is 0 Å². The summed E-state index contributed by atoms with van der Waals surface area (Å²) < 4.78 is 51.6. The molecule has 0 bridgehead atoms. The highest BCUT2D eigenvalue weighted by molar-refractivity contribution is 5.83. The van der Waals surface area contributed by atoms with Gasteiger partial charge in [-0.1, -0.05) is 51.1 Å². The van der Waals surface area contributed by atoms with Crippen LogP contribution in [0.4, 0.5) is 13.2 Å². The molecule has 8 heteroatoms. The molecule has 0 N–H and O–H groups in total. The lowest BCUT2D eigenvalue weighted by Gasteiger charge is -2.43. The minimum atomic E-state index is -4.96. The van der Waals surface area contributed by atoms with E-state index in [0.717, 1.165) is 10.5 Å². The zero-order valence-corrected chi connectivity index (χ0v) is 18.9. The zero-order chi connectivity index (χ0) is 23.5. The summed E-state index contributed by atoms with van der Waals surface area (Å²) in [5.41, 5.74) is -0.0722. The summed E-state index contributed by atoms with van der Waals surface area (Å²) in [5, 5.41) is 0. The Labute approximate surface area is 187 Å². The maximum Gasteiger partial charge on any atom is 0.471 e. The average molecular weight is 456 g/mol. The molecule has 0 spiro atoms. The molecule has 0 radical (unpaired) electrons. The van der Waals surface area contributed by atoms with Gasteiger partial charge in [-0.3, -0.25) is 9.59 Å². The lowest BCUT2D eigenvalue weighted by Crippen LogP contribution is -2.56. The van der Waals surface area contributed by atoms with Crippen molar-refractivity contribution in [1.82, 2.24) is 4.90 Å². The number of benzene rings is 1. The minimum Gasteiger partial charge on any atom is -0.460 e. The van der Waals surface area contributed by atoms with Gasteiger partial charge in [-0.15, -0.1) is 0 Å². The van der Waals surface area contributed by atoms with Crippen molar-refractivity contribution in [3.8, 4) is 0 Å². The quantitative estimate of drug-likeness (QED) is 0.582. The smallest absolute Gasteiger partial charge is 0.460 e. The highest BCUT2D eigenvalue weighted by Crippen LogP contribution is 2.48. The topological polar surface area (TPSA) is 55.8 Å². The number of ether oxygens (including phenoxy) is 2. The van der Waals surface area contributed by atoms with Gasteiger partial charge in [-0.05, 0) is 37.2 Å². The molecule has 2 aliphatic rings. The van der Waals surface area contributed by atoms with E-state index in [1.54, 1.807) is 6.92 Å². The molecule has 5 nitrogen and oxygen atoms in total. The number of esters is 1. The molecule has 32 heavy (non-hydrogen) atoms. The third-order valence-electron chi connectivity index (χ3n) is 7.07. The normalized spacial score (nSPS) is 28.5. The molecule has 0 aromatic heterocycles. The van der Waals surface area contributed by atoms with Crippen LogP contribution in [0.1, 0.15) is 52.0 Å². The third kappa shape index (κ3) is 5.11. The van der Waals surface area contributed by atoms with Gasteiger partial charge in [0, 0.05) is 24.6 Å². The van der Waals surface area contributed by atoms with Crippen molar-refractivity contribution in [2.45, 2.75) is 71.3 Å². The Kier molecular flexibility index (Phi) is 7.53. The van der Waals surface area contributed by atoms with Gasteiger partial charge in [0.05, 0.1) is 12.0 Å². The van der Waals surface area contributed by atoms with E-state index in [4.69, 9.17) is 9.47 Å². The number of carbonyl (C=O) groups excluding carboxylic acids is 2. The Balaban J connectivity index is 1.82. The van der Waals surface area contributed by atoms with Crippen molar-refractivity contribution in [3.63, 3.8) is 0 Å². The van der Waals surface area contributed by atoms with Gasteiger partial charge in [-0.2, -0.15) is 13.2 Å². The molecule has 3 rings (SSSR count). The second kappa shape index (κ2) is 9.81. The molecule has 3 unspecified atom stereocenters. The van der Waals surface area contributed by atoms with Crippen LogP contribution in [0.2, 0.25) is 0 Å². The lowest BCUT2D eigenvalue weighted by atomic mass is 9.75. The number of hydrogen-bond donors (Lipinski definition) is 0. The summed E-state index contributed by atoms with van der Waals surface area (Å²) in [6, 6.07) is 8.04. The van der Waals surface area contributed by atoms with Gasteiger partial charge < -0.3 is 14.4 Å². The van der Waals surface area contributed by atoms with Gasteiger partial charge in [0.2, 0.25) is 0 Å². The predicted molar refractivity (Wildman–Crippen MR) is 112 cm³/mol. The van der Waals surface area contributed by atoms with E-state index in [1.165, 1.54) is 0 Å². The number of alkyl halides is 3. The lowest BCUT2D eigenvalue weighted by molar-refractivity contribution is -0.194. The fourth-order valence-corrected chi connectivity index (χ4v) is 5.11. The summed E-state index contributed by atoms with van der Waals surface area (Å²) in [6.07, 6.45) is -3.71. The molecular weight excluding hydrogens is 423 g/mol. The van der Waals surface area contributed by atoms with E-state index < -0.39 is 35.6 Å². The van der Waals surface area contributed by atoms with Crippen LogP contribution in [0.5, 0.6) is 0 Å². The predicted octanol–water partition coefficient (Wildman–Crippen LogP) is 4.74. The van der Waals surface area contributed by atoms with Crippen molar-refractivity contribution in [2.24, 2.45) is 17.3 Å². The highest BCUT2D eigenvalue weighted by atomic mass is 19.4. The van der Waals surface area contributed by atoms with Crippen LogP contribution in [-0.2, 0) is 25.7 Å². The second-order valence-electron chi connectivity index (χ2n) is 9.39. The maximum absolute atomic E-state index is 13.5. The molecule has 1 aromatic carbocycles. The van der Waals surface area contributed by atoms with Crippen LogP contribution < -0.4 is 0 Å². The SMILES string of the molecule is CC1COCCC1N(C(=O)C(F)(F)F)C1CC[C@@](C(=O)OCc2ccccc2)(C(C)C)C1. The van der Waals surface area contributed by atoms with Gasteiger partial charge in [0.1, 0.15) is 6.61 Å². The standard InChI is InChI=1S/C24H32F3NO4/c1-16(2)23(22(30)32-15-18-7-5-4-6-8-18)11-9-19(13-23)28(21(29)24(25,26)27)20-10-12-31-14-17(20)3/h4-8,16-17,19-20H,9-15H2,1-3H3/t17?,19?,20?,23-/m0/s1. The van der Waals surface area contributed by atoms with E-state index in [-0.39, 0.29) is 24.9 Å². The van der Waals surface area contributed by atoms with Crippen molar-refractivity contribution in [1.29, 1.82) is 0 Å².